The molecule has 0 N–H and O–H groups in total. The van der Waals surface area contributed by atoms with E-state index >= 15 is 0 Å². The Morgan fingerprint density at radius 3 is 2.40 bits per heavy atom. The molecule has 0 radical (unpaired) electrons. The van der Waals surface area contributed by atoms with Crippen molar-refractivity contribution in [2.24, 2.45) is 0 Å². The minimum Gasteiger partial charge on any atom is -0.494 e. The fraction of sp³-hybridized carbons (Fsp3) is 0.294. The molecule has 1 aliphatic rings. The molecule has 1 aliphatic heterocycles. The molecule has 0 saturated carbocycles. The highest BCUT2D eigenvalue weighted by molar-refractivity contribution is 7.89. The molecule has 5 nitrogen and oxygen atoms in total. The summed E-state index contributed by atoms with van der Waals surface area (Å²) in [6.45, 7) is 0.590. The molecule has 0 bridgehead atoms. The summed E-state index contributed by atoms with van der Waals surface area (Å²) in [5, 5.41) is 0. The molecular formula is C17H17F2NO4S. The summed E-state index contributed by atoms with van der Waals surface area (Å²) in [4.78, 5) is 0.0459. The van der Waals surface area contributed by atoms with Crippen molar-refractivity contribution in [3.8, 4) is 5.75 Å². The Labute approximate surface area is 144 Å². The lowest BCUT2D eigenvalue weighted by Gasteiger charge is -2.37. The number of ether oxygens (including phenoxy) is 2. The van der Waals surface area contributed by atoms with Crippen molar-refractivity contribution < 1.29 is 26.7 Å². The second-order valence-electron chi connectivity index (χ2n) is 5.68. The molecule has 0 atom stereocenters. The van der Waals surface area contributed by atoms with Crippen LogP contribution in [0.3, 0.4) is 0 Å². The number of halogens is 2. The lowest BCUT2D eigenvalue weighted by atomic mass is 10.2. The second-order valence-corrected chi connectivity index (χ2v) is 7.62. The van der Waals surface area contributed by atoms with E-state index in [9.17, 15) is 17.2 Å². The lowest BCUT2D eigenvalue weighted by molar-refractivity contribution is -0.0296. The van der Waals surface area contributed by atoms with Gasteiger partial charge in [-0.1, -0.05) is 6.07 Å². The summed E-state index contributed by atoms with van der Waals surface area (Å²) in [5.74, 6) is -0.808. The zero-order valence-corrected chi connectivity index (χ0v) is 14.3. The Kier molecular flexibility index (Phi) is 5.03. The molecule has 3 rings (SSSR count). The van der Waals surface area contributed by atoms with E-state index in [4.69, 9.17) is 9.47 Å². The molecule has 0 aromatic heterocycles. The molecule has 1 fully saturated rings. The maximum absolute atomic E-state index is 13.6. The van der Waals surface area contributed by atoms with Crippen LogP contribution in [0.5, 0.6) is 5.75 Å². The third-order valence-corrected chi connectivity index (χ3v) is 5.81. The van der Waals surface area contributed by atoms with E-state index in [1.54, 1.807) is 6.07 Å². The van der Waals surface area contributed by atoms with Gasteiger partial charge < -0.3 is 9.47 Å². The van der Waals surface area contributed by atoms with Gasteiger partial charge in [0.1, 0.15) is 5.82 Å². The van der Waals surface area contributed by atoms with Crippen LogP contribution in [0.4, 0.5) is 8.78 Å². The van der Waals surface area contributed by atoms with E-state index in [0.717, 1.165) is 12.1 Å². The average molecular weight is 369 g/mol. The maximum atomic E-state index is 13.6. The van der Waals surface area contributed by atoms with Crippen molar-refractivity contribution in [3.63, 3.8) is 0 Å². The van der Waals surface area contributed by atoms with Gasteiger partial charge in [-0.2, -0.15) is 4.31 Å². The van der Waals surface area contributed by atoms with Crippen molar-refractivity contribution in [2.75, 3.05) is 20.2 Å². The van der Waals surface area contributed by atoms with Crippen molar-refractivity contribution in [1.29, 1.82) is 0 Å². The van der Waals surface area contributed by atoms with Gasteiger partial charge in [0, 0.05) is 13.1 Å². The quantitative estimate of drug-likeness (QED) is 0.785. The highest BCUT2D eigenvalue weighted by Crippen LogP contribution is 2.24. The smallest absolute Gasteiger partial charge is 0.243 e. The molecule has 0 aliphatic carbocycles. The van der Waals surface area contributed by atoms with Gasteiger partial charge >= 0.3 is 0 Å². The predicted octanol–water partition coefficient (Wildman–Crippen LogP) is 2.56. The zero-order valence-electron chi connectivity index (χ0n) is 13.5. The third-order valence-electron chi connectivity index (χ3n) is 3.97. The normalized spacial score (nSPS) is 15.8. The first kappa shape index (κ1) is 17.8. The summed E-state index contributed by atoms with van der Waals surface area (Å²) in [5.41, 5.74) is 0.637. The van der Waals surface area contributed by atoms with Gasteiger partial charge in [0.2, 0.25) is 10.0 Å². The summed E-state index contributed by atoms with van der Waals surface area (Å²) in [6, 6.07) is 9.22. The highest BCUT2D eigenvalue weighted by Gasteiger charge is 2.37. The van der Waals surface area contributed by atoms with E-state index in [0.29, 0.717) is 5.56 Å². The topological polar surface area (TPSA) is 55.8 Å². The first-order valence-electron chi connectivity index (χ1n) is 7.60. The van der Waals surface area contributed by atoms with Crippen molar-refractivity contribution in [1.82, 2.24) is 4.31 Å². The Balaban J connectivity index is 1.54. The van der Waals surface area contributed by atoms with Gasteiger partial charge in [0.15, 0.2) is 11.6 Å². The van der Waals surface area contributed by atoms with Gasteiger partial charge in [-0.05, 0) is 42.0 Å². The van der Waals surface area contributed by atoms with Crippen molar-refractivity contribution >= 4 is 10.0 Å². The van der Waals surface area contributed by atoms with E-state index < -0.39 is 21.7 Å². The number of sulfonamides is 1. The summed E-state index contributed by atoms with van der Waals surface area (Å²) in [6.07, 6.45) is -0.264. The van der Waals surface area contributed by atoms with Crippen LogP contribution < -0.4 is 4.74 Å². The van der Waals surface area contributed by atoms with Gasteiger partial charge in [-0.25, -0.2) is 17.2 Å². The predicted molar refractivity (Wildman–Crippen MR) is 86.7 cm³/mol. The zero-order chi connectivity index (χ0) is 18.0. The fourth-order valence-corrected chi connectivity index (χ4v) is 3.98. The van der Waals surface area contributed by atoms with Crippen LogP contribution in [-0.2, 0) is 21.4 Å². The molecule has 2 aromatic carbocycles. The molecule has 134 valence electrons. The van der Waals surface area contributed by atoms with E-state index in [2.05, 4.69) is 0 Å². The second kappa shape index (κ2) is 7.07. The van der Waals surface area contributed by atoms with Crippen LogP contribution in [0, 0.1) is 11.6 Å². The fourth-order valence-electron chi connectivity index (χ4n) is 2.47. The van der Waals surface area contributed by atoms with Crippen LogP contribution in [-0.4, -0.2) is 39.0 Å². The van der Waals surface area contributed by atoms with Gasteiger partial charge in [0.05, 0.1) is 24.7 Å². The Morgan fingerprint density at radius 1 is 1.12 bits per heavy atom. The molecule has 1 heterocycles. The molecular weight excluding hydrogens is 352 g/mol. The lowest BCUT2D eigenvalue weighted by Crippen LogP contribution is -2.54. The monoisotopic (exact) mass is 369 g/mol. The highest BCUT2D eigenvalue weighted by atomic mass is 32.2. The number of rotatable bonds is 6. The Morgan fingerprint density at radius 2 is 1.80 bits per heavy atom. The maximum Gasteiger partial charge on any atom is 0.243 e. The minimum absolute atomic E-state index is 0.0459. The first-order valence-corrected chi connectivity index (χ1v) is 9.04. The molecule has 2 aromatic rings. The third kappa shape index (κ3) is 3.81. The van der Waals surface area contributed by atoms with Crippen molar-refractivity contribution in [2.45, 2.75) is 17.6 Å². The van der Waals surface area contributed by atoms with E-state index in [1.165, 1.54) is 35.7 Å². The van der Waals surface area contributed by atoms with Crippen LogP contribution in [0.15, 0.2) is 47.4 Å². The average Bonchev–Trinajstić information content (AvgIpc) is 2.53. The van der Waals surface area contributed by atoms with Crippen LogP contribution in [0.25, 0.3) is 0 Å². The minimum atomic E-state index is -3.64. The van der Waals surface area contributed by atoms with E-state index in [1.807, 2.05) is 0 Å². The van der Waals surface area contributed by atoms with Gasteiger partial charge in [-0.3, -0.25) is 0 Å². The molecule has 1 saturated heterocycles. The van der Waals surface area contributed by atoms with Crippen molar-refractivity contribution in [3.05, 3.63) is 59.7 Å². The molecule has 25 heavy (non-hydrogen) atoms. The first-order chi connectivity index (χ1) is 11.9. The number of nitrogens with zero attached hydrogens (tertiary/aromatic N) is 1. The van der Waals surface area contributed by atoms with E-state index in [-0.39, 0.29) is 36.4 Å². The SMILES string of the molecule is COc1ccc(COC2CN(S(=O)(=O)c3ccc(F)cc3)C2)cc1F. The molecule has 8 heteroatoms. The van der Waals surface area contributed by atoms with Crippen LogP contribution in [0.1, 0.15) is 5.56 Å². The number of hydrogen-bond acceptors (Lipinski definition) is 4. The van der Waals surface area contributed by atoms with Crippen LogP contribution >= 0.6 is 0 Å². The number of hydrogen-bond donors (Lipinski definition) is 0. The molecule has 0 amide bonds. The number of methoxy groups -OCH3 is 1. The van der Waals surface area contributed by atoms with Crippen LogP contribution in [0.2, 0.25) is 0 Å². The Bertz CT molecular complexity index is 849. The molecule has 0 unspecified atom stereocenters. The largest absolute Gasteiger partial charge is 0.494 e. The van der Waals surface area contributed by atoms with Gasteiger partial charge in [0.25, 0.3) is 0 Å². The number of benzene rings is 2. The Hall–Kier alpha value is -2.03. The standard InChI is InChI=1S/C17H17F2NO4S/c1-23-17-7-2-12(8-16(17)19)11-24-14-9-20(10-14)25(21,22)15-5-3-13(18)4-6-15/h2-8,14H,9-11H2,1H3. The van der Waals surface area contributed by atoms with Gasteiger partial charge in [-0.15, -0.1) is 0 Å². The summed E-state index contributed by atoms with van der Waals surface area (Å²) >= 11 is 0. The molecule has 0 spiro atoms. The summed E-state index contributed by atoms with van der Waals surface area (Å²) in [7, 11) is -2.25. The summed E-state index contributed by atoms with van der Waals surface area (Å²) < 4.78 is 62.9.